The molecule has 0 unspecified atom stereocenters. The van der Waals surface area contributed by atoms with E-state index >= 15 is 0 Å². The molecule has 3 nitrogen and oxygen atoms in total. The first-order chi connectivity index (χ1) is 10.1. The maximum Gasteiger partial charge on any atom is 0.224 e. The number of hydrogen-bond donors (Lipinski definition) is 0. The minimum atomic E-state index is 0.277. The van der Waals surface area contributed by atoms with Gasteiger partial charge in [0.25, 0.3) is 0 Å². The Balaban J connectivity index is 1.97. The Labute approximate surface area is 129 Å². The number of benzene rings is 2. The molecule has 0 aliphatic rings. The molecular formula is C17H16ClN3. The highest BCUT2D eigenvalue weighted by atomic mass is 35.5. The van der Waals surface area contributed by atoms with Crippen LogP contribution in [-0.4, -0.2) is 17.0 Å². The van der Waals surface area contributed by atoms with Crippen molar-refractivity contribution in [3.8, 4) is 0 Å². The van der Waals surface area contributed by atoms with Gasteiger partial charge in [0.15, 0.2) is 0 Å². The molecule has 3 rings (SSSR count). The van der Waals surface area contributed by atoms with Gasteiger partial charge in [-0.2, -0.15) is 4.98 Å². The zero-order valence-electron chi connectivity index (χ0n) is 12.0. The summed E-state index contributed by atoms with van der Waals surface area (Å²) in [5.41, 5.74) is 3.36. The van der Waals surface area contributed by atoms with E-state index in [1.54, 1.807) is 0 Å². The number of aromatic nitrogens is 2. The first kappa shape index (κ1) is 13.8. The minimum absolute atomic E-state index is 0.277. The van der Waals surface area contributed by atoms with Crippen LogP contribution in [0, 0.1) is 6.92 Å². The predicted molar refractivity (Wildman–Crippen MR) is 87.8 cm³/mol. The molecule has 0 saturated carbocycles. The van der Waals surface area contributed by atoms with Gasteiger partial charge in [-0.1, -0.05) is 42.0 Å². The molecule has 2 aromatic carbocycles. The fourth-order valence-corrected chi connectivity index (χ4v) is 2.54. The number of anilines is 1. The van der Waals surface area contributed by atoms with Crippen LogP contribution in [0.4, 0.5) is 5.82 Å². The molecule has 106 valence electrons. The summed E-state index contributed by atoms with van der Waals surface area (Å²) in [7, 11) is 2.02. The number of halogens is 1. The summed E-state index contributed by atoms with van der Waals surface area (Å²) in [4.78, 5) is 10.8. The van der Waals surface area contributed by atoms with Gasteiger partial charge in [0, 0.05) is 19.0 Å². The van der Waals surface area contributed by atoms with Gasteiger partial charge in [0.1, 0.15) is 5.82 Å². The van der Waals surface area contributed by atoms with E-state index in [9.17, 15) is 0 Å². The quantitative estimate of drug-likeness (QED) is 0.678. The van der Waals surface area contributed by atoms with Crippen LogP contribution in [0.3, 0.4) is 0 Å². The Kier molecular flexibility index (Phi) is 3.76. The molecule has 0 aliphatic heterocycles. The van der Waals surface area contributed by atoms with Crippen LogP contribution >= 0.6 is 11.6 Å². The van der Waals surface area contributed by atoms with Crippen molar-refractivity contribution in [2.24, 2.45) is 0 Å². The van der Waals surface area contributed by atoms with Crippen molar-refractivity contribution in [2.45, 2.75) is 13.5 Å². The van der Waals surface area contributed by atoms with E-state index in [1.807, 2.05) is 31.3 Å². The molecule has 21 heavy (non-hydrogen) atoms. The lowest BCUT2D eigenvalue weighted by molar-refractivity contribution is 0.900. The lowest BCUT2D eigenvalue weighted by atomic mass is 10.1. The lowest BCUT2D eigenvalue weighted by Gasteiger charge is -2.20. The fourth-order valence-electron chi connectivity index (χ4n) is 2.37. The zero-order chi connectivity index (χ0) is 14.8. The third-order valence-corrected chi connectivity index (χ3v) is 3.63. The van der Waals surface area contributed by atoms with Crippen molar-refractivity contribution in [3.63, 3.8) is 0 Å². The minimum Gasteiger partial charge on any atom is -0.355 e. The molecule has 0 amide bonds. The summed E-state index contributed by atoms with van der Waals surface area (Å²) in [5, 5.41) is 1.29. The molecule has 0 spiro atoms. The van der Waals surface area contributed by atoms with Crippen LogP contribution in [0.5, 0.6) is 0 Å². The molecule has 0 radical (unpaired) electrons. The average Bonchev–Trinajstić information content (AvgIpc) is 2.48. The van der Waals surface area contributed by atoms with Gasteiger partial charge >= 0.3 is 0 Å². The summed E-state index contributed by atoms with van der Waals surface area (Å²) in [5.74, 6) is 0.853. The monoisotopic (exact) mass is 297 g/mol. The van der Waals surface area contributed by atoms with E-state index in [-0.39, 0.29) is 5.28 Å². The zero-order valence-corrected chi connectivity index (χ0v) is 12.8. The van der Waals surface area contributed by atoms with Crippen LogP contribution in [0.15, 0.2) is 48.5 Å². The molecule has 3 aromatic rings. The van der Waals surface area contributed by atoms with E-state index in [0.717, 1.165) is 23.3 Å². The highest BCUT2D eigenvalue weighted by Crippen LogP contribution is 2.25. The number of aryl methyl sites for hydroxylation is 1. The van der Waals surface area contributed by atoms with Gasteiger partial charge in [0.05, 0.1) is 5.52 Å². The Hall–Kier alpha value is -2.13. The molecule has 4 heteroatoms. The van der Waals surface area contributed by atoms with Crippen LogP contribution in [0.25, 0.3) is 10.9 Å². The van der Waals surface area contributed by atoms with Crippen LogP contribution in [0.2, 0.25) is 5.28 Å². The third kappa shape index (κ3) is 2.98. The number of rotatable bonds is 3. The molecule has 1 aromatic heterocycles. The normalized spacial score (nSPS) is 10.8. The van der Waals surface area contributed by atoms with Crippen molar-refractivity contribution in [2.75, 3.05) is 11.9 Å². The molecule has 0 N–H and O–H groups in total. The molecule has 0 fully saturated rings. The number of hydrogen-bond acceptors (Lipinski definition) is 3. The Bertz CT molecular complexity index is 769. The van der Waals surface area contributed by atoms with Gasteiger partial charge < -0.3 is 4.90 Å². The van der Waals surface area contributed by atoms with Gasteiger partial charge in [-0.05, 0) is 36.2 Å². The second kappa shape index (κ2) is 5.70. The van der Waals surface area contributed by atoms with Crippen molar-refractivity contribution < 1.29 is 0 Å². The first-order valence-electron chi connectivity index (χ1n) is 6.82. The Morgan fingerprint density at radius 2 is 1.71 bits per heavy atom. The van der Waals surface area contributed by atoms with Crippen LogP contribution < -0.4 is 4.90 Å². The first-order valence-corrected chi connectivity index (χ1v) is 7.20. The smallest absolute Gasteiger partial charge is 0.224 e. The average molecular weight is 298 g/mol. The third-order valence-electron chi connectivity index (χ3n) is 3.46. The van der Waals surface area contributed by atoms with E-state index in [0.29, 0.717) is 0 Å². The summed E-state index contributed by atoms with van der Waals surface area (Å²) in [6.07, 6.45) is 0. The summed E-state index contributed by atoms with van der Waals surface area (Å²) < 4.78 is 0. The fraction of sp³-hybridized carbons (Fsp3) is 0.176. The van der Waals surface area contributed by atoms with E-state index in [4.69, 9.17) is 11.6 Å². The Morgan fingerprint density at radius 1 is 1.00 bits per heavy atom. The van der Waals surface area contributed by atoms with Crippen molar-refractivity contribution in [1.29, 1.82) is 0 Å². The van der Waals surface area contributed by atoms with Crippen LogP contribution in [0.1, 0.15) is 11.1 Å². The van der Waals surface area contributed by atoms with Crippen molar-refractivity contribution in [3.05, 3.63) is 64.9 Å². The van der Waals surface area contributed by atoms with E-state index in [1.165, 1.54) is 11.1 Å². The molecule has 0 bridgehead atoms. The van der Waals surface area contributed by atoms with Gasteiger partial charge in [-0.15, -0.1) is 0 Å². The largest absolute Gasteiger partial charge is 0.355 e. The standard InChI is InChI=1S/C17H16ClN3/c1-12-7-9-13(10-8-12)11-21(2)16-14-5-3-4-6-15(14)19-17(18)20-16/h3-10H,11H2,1-2H3. The maximum atomic E-state index is 6.04. The number of fused-ring (bicyclic) bond motifs is 1. The second-order valence-electron chi connectivity index (χ2n) is 5.18. The molecule has 1 heterocycles. The van der Waals surface area contributed by atoms with E-state index < -0.39 is 0 Å². The second-order valence-corrected chi connectivity index (χ2v) is 5.51. The Morgan fingerprint density at radius 3 is 2.48 bits per heavy atom. The molecule has 0 aliphatic carbocycles. The highest BCUT2D eigenvalue weighted by Gasteiger charge is 2.11. The molecule has 0 saturated heterocycles. The highest BCUT2D eigenvalue weighted by molar-refractivity contribution is 6.28. The van der Waals surface area contributed by atoms with E-state index in [2.05, 4.69) is 46.1 Å². The SMILES string of the molecule is Cc1ccc(CN(C)c2nc(Cl)nc3ccccc23)cc1. The maximum absolute atomic E-state index is 6.04. The summed E-state index contributed by atoms with van der Waals surface area (Å²) in [6, 6.07) is 16.4. The molecular weight excluding hydrogens is 282 g/mol. The topological polar surface area (TPSA) is 29.0 Å². The lowest BCUT2D eigenvalue weighted by Crippen LogP contribution is -2.18. The van der Waals surface area contributed by atoms with Crippen LogP contribution in [-0.2, 0) is 6.54 Å². The predicted octanol–water partition coefficient (Wildman–Crippen LogP) is 4.23. The van der Waals surface area contributed by atoms with Gasteiger partial charge in [-0.25, -0.2) is 4.98 Å². The van der Waals surface area contributed by atoms with Gasteiger partial charge in [0.2, 0.25) is 5.28 Å². The molecule has 0 atom stereocenters. The van der Waals surface area contributed by atoms with Crippen molar-refractivity contribution >= 4 is 28.3 Å². The van der Waals surface area contributed by atoms with Crippen molar-refractivity contribution in [1.82, 2.24) is 9.97 Å². The summed E-state index contributed by atoms with van der Waals surface area (Å²) in [6.45, 7) is 2.86. The van der Waals surface area contributed by atoms with Gasteiger partial charge in [-0.3, -0.25) is 0 Å². The number of para-hydroxylation sites is 1. The number of nitrogens with zero attached hydrogens (tertiary/aromatic N) is 3. The summed E-state index contributed by atoms with van der Waals surface area (Å²) >= 11 is 6.04.